The summed E-state index contributed by atoms with van der Waals surface area (Å²) in [4.78, 5) is 4.32. The zero-order chi connectivity index (χ0) is 21.0. The second kappa shape index (κ2) is 9.14. The van der Waals surface area contributed by atoms with E-state index in [1.807, 2.05) is 58.2 Å². The molecule has 1 fully saturated rings. The van der Waals surface area contributed by atoms with E-state index < -0.39 is 0 Å². The molecule has 0 unspecified atom stereocenters. The number of hydrogen-bond acceptors (Lipinski definition) is 5. The van der Waals surface area contributed by atoms with E-state index in [2.05, 4.69) is 17.1 Å². The third-order valence-corrected chi connectivity index (χ3v) is 5.10. The van der Waals surface area contributed by atoms with Gasteiger partial charge in [0.15, 0.2) is 0 Å². The van der Waals surface area contributed by atoms with Crippen LogP contribution < -0.4 is 21.3 Å². The van der Waals surface area contributed by atoms with Gasteiger partial charge in [0.1, 0.15) is 12.4 Å². The number of ether oxygens (including phenoxy) is 1. The van der Waals surface area contributed by atoms with Gasteiger partial charge in [-0.25, -0.2) is 5.84 Å². The van der Waals surface area contributed by atoms with Crippen LogP contribution in [0, 0.1) is 6.92 Å². The second-order valence-electron chi connectivity index (χ2n) is 8.01. The fourth-order valence-electron chi connectivity index (χ4n) is 3.39. The number of aliphatic imine (C=N–C) groups is 1. The first-order valence-electron chi connectivity index (χ1n) is 10.2. The molecular weight excluding hydrogens is 360 g/mol. The summed E-state index contributed by atoms with van der Waals surface area (Å²) in [5.41, 5.74) is 12.4. The van der Waals surface area contributed by atoms with Crippen LogP contribution in [0.1, 0.15) is 54.9 Å². The molecule has 0 heterocycles. The van der Waals surface area contributed by atoms with Crippen molar-refractivity contribution in [2.75, 3.05) is 12.1 Å². The van der Waals surface area contributed by atoms with Gasteiger partial charge in [0, 0.05) is 30.6 Å². The SMILES string of the molecule is Cc1cc(C(N)=CC=NC(C)C)ccc1OCc1c(C2CC2)cccc1N(C)N. The second-order valence-corrected chi connectivity index (χ2v) is 8.01. The third kappa shape index (κ3) is 5.39. The Morgan fingerprint density at radius 2 is 2.03 bits per heavy atom. The molecule has 0 amide bonds. The fourth-order valence-corrected chi connectivity index (χ4v) is 3.39. The lowest BCUT2D eigenvalue weighted by Crippen LogP contribution is -2.27. The van der Waals surface area contributed by atoms with Gasteiger partial charge in [-0.2, -0.15) is 0 Å². The van der Waals surface area contributed by atoms with Gasteiger partial charge in [-0.1, -0.05) is 12.1 Å². The van der Waals surface area contributed by atoms with E-state index >= 15 is 0 Å². The number of hydrazine groups is 1. The molecular formula is C24H32N4O. The summed E-state index contributed by atoms with van der Waals surface area (Å²) in [6.07, 6.45) is 6.08. The Labute approximate surface area is 174 Å². The Morgan fingerprint density at radius 3 is 2.66 bits per heavy atom. The van der Waals surface area contributed by atoms with Gasteiger partial charge in [-0.05, 0) is 86.6 Å². The van der Waals surface area contributed by atoms with Gasteiger partial charge in [0.2, 0.25) is 0 Å². The minimum Gasteiger partial charge on any atom is -0.489 e. The maximum Gasteiger partial charge on any atom is 0.122 e. The van der Waals surface area contributed by atoms with Crippen molar-refractivity contribution in [2.45, 2.75) is 52.2 Å². The Balaban J connectivity index is 1.77. The molecule has 0 spiro atoms. The zero-order valence-corrected chi connectivity index (χ0v) is 17.9. The zero-order valence-electron chi connectivity index (χ0n) is 17.9. The smallest absolute Gasteiger partial charge is 0.122 e. The molecule has 0 aromatic heterocycles. The Hall–Kier alpha value is -2.79. The molecule has 5 nitrogen and oxygen atoms in total. The third-order valence-electron chi connectivity index (χ3n) is 5.10. The summed E-state index contributed by atoms with van der Waals surface area (Å²) in [5.74, 6) is 7.55. The van der Waals surface area contributed by atoms with Crippen molar-refractivity contribution >= 4 is 17.6 Å². The van der Waals surface area contributed by atoms with Crippen molar-refractivity contribution in [3.8, 4) is 5.75 Å². The first-order chi connectivity index (χ1) is 13.9. The van der Waals surface area contributed by atoms with Crippen molar-refractivity contribution in [3.05, 3.63) is 64.7 Å². The largest absolute Gasteiger partial charge is 0.489 e. The number of rotatable bonds is 8. The van der Waals surface area contributed by atoms with Crippen LogP contribution in [-0.4, -0.2) is 19.3 Å². The number of nitrogens with zero attached hydrogens (tertiary/aromatic N) is 2. The standard InChI is InChI=1S/C24H32N4O/c1-16(2)27-13-12-22(25)19-10-11-24(17(3)14-19)29-15-21-20(18-8-9-18)6-5-7-23(21)28(4)26/h5-7,10-14,16,18H,8-9,15,25-26H2,1-4H3. The van der Waals surface area contributed by atoms with E-state index in [0.717, 1.165) is 22.6 Å². The van der Waals surface area contributed by atoms with Crippen LogP contribution >= 0.6 is 0 Å². The molecule has 29 heavy (non-hydrogen) atoms. The fraction of sp³-hybridized carbons (Fsp3) is 0.375. The van der Waals surface area contributed by atoms with E-state index in [1.165, 1.54) is 24.0 Å². The first-order valence-corrected chi connectivity index (χ1v) is 10.2. The number of hydrogen-bond donors (Lipinski definition) is 2. The van der Waals surface area contributed by atoms with Crippen molar-refractivity contribution in [1.29, 1.82) is 0 Å². The molecule has 0 saturated heterocycles. The summed E-state index contributed by atoms with van der Waals surface area (Å²) in [5, 5.41) is 1.67. The number of allylic oxidation sites excluding steroid dienone is 1. The average molecular weight is 393 g/mol. The highest BCUT2D eigenvalue weighted by Gasteiger charge is 2.27. The highest BCUT2D eigenvalue weighted by molar-refractivity contribution is 5.83. The van der Waals surface area contributed by atoms with Crippen molar-refractivity contribution in [3.63, 3.8) is 0 Å². The molecule has 1 saturated carbocycles. The highest BCUT2D eigenvalue weighted by atomic mass is 16.5. The summed E-state index contributed by atoms with van der Waals surface area (Å²) in [6, 6.07) is 12.6. The van der Waals surface area contributed by atoms with Crippen molar-refractivity contribution in [2.24, 2.45) is 16.6 Å². The van der Waals surface area contributed by atoms with E-state index in [9.17, 15) is 0 Å². The van der Waals surface area contributed by atoms with Crippen LogP contribution in [-0.2, 0) is 6.61 Å². The van der Waals surface area contributed by atoms with E-state index in [1.54, 1.807) is 11.2 Å². The molecule has 0 aliphatic heterocycles. The number of anilines is 1. The van der Waals surface area contributed by atoms with Crippen LogP contribution in [0.4, 0.5) is 5.69 Å². The predicted molar refractivity (Wildman–Crippen MR) is 122 cm³/mol. The number of nitrogens with two attached hydrogens (primary N) is 2. The molecule has 5 heteroatoms. The lowest BCUT2D eigenvalue weighted by molar-refractivity contribution is 0.303. The van der Waals surface area contributed by atoms with Crippen LogP contribution in [0.25, 0.3) is 5.70 Å². The summed E-state index contributed by atoms with van der Waals surface area (Å²) >= 11 is 0. The minimum atomic E-state index is 0.257. The van der Waals surface area contributed by atoms with E-state index in [0.29, 0.717) is 18.2 Å². The summed E-state index contributed by atoms with van der Waals surface area (Å²) < 4.78 is 6.21. The van der Waals surface area contributed by atoms with Crippen LogP contribution in [0.15, 0.2) is 47.5 Å². The molecule has 154 valence electrons. The van der Waals surface area contributed by atoms with Crippen LogP contribution in [0.3, 0.4) is 0 Å². The summed E-state index contributed by atoms with van der Waals surface area (Å²) in [6.45, 7) is 6.60. The van der Waals surface area contributed by atoms with Gasteiger partial charge in [0.25, 0.3) is 0 Å². The van der Waals surface area contributed by atoms with E-state index in [4.69, 9.17) is 16.3 Å². The molecule has 4 N–H and O–H groups in total. The minimum absolute atomic E-state index is 0.257. The van der Waals surface area contributed by atoms with Gasteiger partial charge >= 0.3 is 0 Å². The number of aryl methyl sites for hydroxylation is 1. The van der Waals surface area contributed by atoms with Gasteiger partial charge in [0.05, 0.1) is 5.69 Å². The first kappa shape index (κ1) is 20.9. The molecule has 1 aliphatic carbocycles. The Bertz CT molecular complexity index is 891. The molecule has 0 radical (unpaired) electrons. The van der Waals surface area contributed by atoms with Crippen LogP contribution in [0.2, 0.25) is 0 Å². The van der Waals surface area contributed by atoms with Crippen LogP contribution in [0.5, 0.6) is 5.75 Å². The number of benzene rings is 2. The van der Waals surface area contributed by atoms with Crippen molar-refractivity contribution in [1.82, 2.24) is 0 Å². The van der Waals surface area contributed by atoms with Gasteiger partial charge in [-0.3, -0.25) is 4.99 Å². The monoisotopic (exact) mass is 392 g/mol. The van der Waals surface area contributed by atoms with E-state index in [-0.39, 0.29) is 6.04 Å². The van der Waals surface area contributed by atoms with Gasteiger partial charge < -0.3 is 15.5 Å². The molecule has 0 atom stereocenters. The Kier molecular flexibility index (Phi) is 6.60. The Morgan fingerprint density at radius 1 is 1.28 bits per heavy atom. The predicted octanol–water partition coefficient (Wildman–Crippen LogP) is 4.54. The highest BCUT2D eigenvalue weighted by Crippen LogP contribution is 2.43. The maximum atomic E-state index is 6.21. The van der Waals surface area contributed by atoms with Gasteiger partial charge in [-0.15, -0.1) is 0 Å². The lowest BCUT2D eigenvalue weighted by atomic mass is 10.0. The maximum absolute atomic E-state index is 6.21. The molecule has 1 aliphatic rings. The normalized spacial score (nSPS) is 14.6. The molecule has 3 rings (SSSR count). The topological polar surface area (TPSA) is 76.9 Å². The molecule has 2 aromatic rings. The summed E-state index contributed by atoms with van der Waals surface area (Å²) in [7, 11) is 1.87. The molecule has 0 bridgehead atoms. The quantitative estimate of drug-likeness (QED) is 0.393. The average Bonchev–Trinajstić information content (AvgIpc) is 3.51. The van der Waals surface area contributed by atoms with Crippen molar-refractivity contribution < 1.29 is 4.74 Å². The molecule has 2 aromatic carbocycles. The lowest BCUT2D eigenvalue weighted by Gasteiger charge is -2.21.